The number of hydrogen-bond donors (Lipinski definition) is 6. The van der Waals surface area contributed by atoms with Crippen LogP contribution in [0.25, 0.3) is 0 Å². The third-order valence-electron chi connectivity index (χ3n) is 4.13. The van der Waals surface area contributed by atoms with E-state index in [1.54, 1.807) is 12.1 Å². The van der Waals surface area contributed by atoms with Crippen LogP contribution in [0.15, 0.2) is 24.3 Å². The van der Waals surface area contributed by atoms with Gasteiger partial charge in [-0.1, -0.05) is 12.1 Å². The number of aliphatic hydroxyl groups excluding tert-OH is 4. The predicted octanol–water partition coefficient (Wildman–Crippen LogP) is -1.20. The monoisotopic (exact) mass is 341 g/mol. The minimum Gasteiger partial charge on any atom is -0.508 e. The van der Waals surface area contributed by atoms with Gasteiger partial charge in [-0.3, -0.25) is 4.79 Å². The van der Waals surface area contributed by atoms with E-state index < -0.39 is 49.1 Å². The molecule has 1 fully saturated rings. The molecule has 1 amide bonds. The molecular formula is C16H23NO7. The fourth-order valence-corrected chi connectivity index (χ4v) is 2.86. The predicted molar refractivity (Wildman–Crippen MR) is 83.0 cm³/mol. The van der Waals surface area contributed by atoms with E-state index in [-0.39, 0.29) is 12.2 Å². The fourth-order valence-electron chi connectivity index (χ4n) is 2.86. The highest BCUT2D eigenvalue weighted by atomic mass is 16.5. The second-order valence-corrected chi connectivity index (χ2v) is 5.95. The van der Waals surface area contributed by atoms with E-state index in [4.69, 9.17) is 4.74 Å². The van der Waals surface area contributed by atoms with Gasteiger partial charge in [-0.2, -0.15) is 0 Å². The van der Waals surface area contributed by atoms with E-state index >= 15 is 0 Å². The van der Waals surface area contributed by atoms with Crippen molar-refractivity contribution >= 4 is 5.91 Å². The van der Waals surface area contributed by atoms with Crippen LogP contribution in [0, 0.1) is 0 Å². The van der Waals surface area contributed by atoms with Crippen molar-refractivity contribution in [3.63, 3.8) is 0 Å². The van der Waals surface area contributed by atoms with Gasteiger partial charge in [-0.25, -0.2) is 0 Å². The summed E-state index contributed by atoms with van der Waals surface area (Å²) >= 11 is 0. The molecule has 1 aromatic carbocycles. The van der Waals surface area contributed by atoms with Crippen LogP contribution in [0.2, 0.25) is 0 Å². The smallest absolute Gasteiger partial charge is 0.217 e. The van der Waals surface area contributed by atoms with E-state index in [1.165, 1.54) is 19.1 Å². The number of carbonyl (C=O) groups excluding carboxylic acids is 1. The molecule has 1 unspecified atom stereocenters. The summed E-state index contributed by atoms with van der Waals surface area (Å²) in [6, 6.07) is 5.03. The SMILES string of the molecule is CC(=O)N[C@@H]1[C@@H](O)[C@@H](O)[C@@H](CO)O[C@@H]1CC(O)c1ccc(O)cc1. The highest BCUT2D eigenvalue weighted by molar-refractivity contribution is 5.73. The number of phenolic OH excluding ortho intramolecular Hbond substituents is 1. The maximum absolute atomic E-state index is 11.4. The average molecular weight is 341 g/mol. The van der Waals surface area contributed by atoms with Crippen LogP contribution in [0.1, 0.15) is 25.0 Å². The molecule has 134 valence electrons. The molecule has 1 aliphatic heterocycles. The Balaban J connectivity index is 2.16. The molecule has 1 aliphatic rings. The Morgan fingerprint density at radius 3 is 2.38 bits per heavy atom. The van der Waals surface area contributed by atoms with Crippen molar-refractivity contribution in [2.45, 2.75) is 49.9 Å². The largest absolute Gasteiger partial charge is 0.508 e. The number of phenols is 1. The second-order valence-electron chi connectivity index (χ2n) is 5.95. The van der Waals surface area contributed by atoms with Gasteiger partial charge in [-0.15, -0.1) is 0 Å². The molecular weight excluding hydrogens is 318 g/mol. The molecule has 0 aliphatic carbocycles. The van der Waals surface area contributed by atoms with Crippen molar-refractivity contribution in [3.8, 4) is 5.75 Å². The van der Waals surface area contributed by atoms with Crippen molar-refractivity contribution in [3.05, 3.63) is 29.8 Å². The van der Waals surface area contributed by atoms with E-state index in [1.807, 2.05) is 0 Å². The lowest BCUT2D eigenvalue weighted by atomic mass is 9.88. The first-order valence-corrected chi connectivity index (χ1v) is 7.70. The summed E-state index contributed by atoms with van der Waals surface area (Å²) in [6.45, 7) is 0.765. The summed E-state index contributed by atoms with van der Waals surface area (Å²) in [5.74, 6) is -0.351. The van der Waals surface area contributed by atoms with Gasteiger partial charge in [0.05, 0.1) is 24.9 Å². The first-order valence-electron chi connectivity index (χ1n) is 7.70. The van der Waals surface area contributed by atoms with E-state index in [2.05, 4.69) is 5.32 Å². The van der Waals surface area contributed by atoms with Gasteiger partial charge in [0.15, 0.2) is 0 Å². The Hall–Kier alpha value is -1.71. The molecule has 0 spiro atoms. The van der Waals surface area contributed by atoms with Crippen LogP contribution >= 0.6 is 0 Å². The number of nitrogens with one attached hydrogen (secondary N) is 1. The lowest BCUT2D eigenvalue weighted by Crippen LogP contribution is -2.64. The molecule has 2 rings (SSSR count). The van der Waals surface area contributed by atoms with Gasteiger partial charge in [0, 0.05) is 13.3 Å². The zero-order chi connectivity index (χ0) is 17.9. The molecule has 0 radical (unpaired) electrons. The van der Waals surface area contributed by atoms with E-state index in [0.717, 1.165) is 0 Å². The quantitative estimate of drug-likeness (QED) is 0.395. The summed E-state index contributed by atoms with van der Waals surface area (Å²) in [6.07, 6.45) is -5.47. The summed E-state index contributed by atoms with van der Waals surface area (Å²) < 4.78 is 5.56. The minimum atomic E-state index is -1.35. The number of benzene rings is 1. The molecule has 8 nitrogen and oxygen atoms in total. The Morgan fingerprint density at radius 1 is 1.21 bits per heavy atom. The molecule has 0 bridgehead atoms. The molecule has 6 atom stereocenters. The summed E-state index contributed by atoms with van der Waals surface area (Å²) in [7, 11) is 0. The van der Waals surface area contributed by atoms with Crippen molar-refractivity contribution < 1.29 is 35.1 Å². The molecule has 1 saturated heterocycles. The van der Waals surface area contributed by atoms with Crippen LogP contribution in [0.4, 0.5) is 0 Å². The van der Waals surface area contributed by atoms with Crippen molar-refractivity contribution in [2.24, 2.45) is 0 Å². The molecule has 24 heavy (non-hydrogen) atoms. The van der Waals surface area contributed by atoms with Crippen LogP contribution in [0.3, 0.4) is 0 Å². The highest BCUT2D eigenvalue weighted by Crippen LogP contribution is 2.29. The molecule has 1 aromatic rings. The van der Waals surface area contributed by atoms with Crippen molar-refractivity contribution in [1.29, 1.82) is 0 Å². The lowest BCUT2D eigenvalue weighted by Gasteiger charge is -2.43. The van der Waals surface area contributed by atoms with Crippen molar-refractivity contribution in [1.82, 2.24) is 5.32 Å². The Morgan fingerprint density at radius 2 is 1.83 bits per heavy atom. The first-order chi connectivity index (χ1) is 11.3. The molecule has 0 aromatic heterocycles. The minimum absolute atomic E-state index is 0.0238. The van der Waals surface area contributed by atoms with Gasteiger partial charge in [0.2, 0.25) is 5.91 Å². The number of amides is 1. The fraction of sp³-hybridized carbons (Fsp3) is 0.562. The van der Waals surface area contributed by atoms with Crippen LogP contribution in [-0.2, 0) is 9.53 Å². The van der Waals surface area contributed by atoms with Gasteiger partial charge < -0.3 is 35.6 Å². The number of carbonyl (C=O) groups is 1. The van der Waals surface area contributed by atoms with Crippen molar-refractivity contribution in [2.75, 3.05) is 6.61 Å². The van der Waals surface area contributed by atoms with Crippen LogP contribution in [0.5, 0.6) is 5.75 Å². The number of ether oxygens (including phenoxy) is 1. The third-order valence-corrected chi connectivity index (χ3v) is 4.13. The zero-order valence-corrected chi connectivity index (χ0v) is 13.2. The summed E-state index contributed by atoms with van der Waals surface area (Å²) in [4.78, 5) is 11.4. The lowest BCUT2D eigenvalue weighted by molar-refractivity contribution is -0.201. The Bertz CT molecular complexity index is 550. The van der Waals surface area contributed by atoms with Crippen LogP contribution in [-0.4, -0.2) is 68.5 Å². The maximum Gasteiger partial charge on any atom is 0.217 e. The Kier molecular flexibility index (Phi) is 6.14. The first kappa shape index (κ1) is 18.6. The summed E-state index contributed by atoms with van der Waals surface area (Å²) in [5, 5.41) is 51.6. The normalized spacial score (nSPS) is 31.5. The Labute approximate surface area is 139 Å². The topological polar surface area (TPSA) is 139 Å². The second kappa shape index (κ2) is 7.91. The number of aromatic hydroxyl groups is 1. The van der Waals surface area contributed by atoms with Gasteiger partial charge in [-0.05, 0) is 17.7 Å². The third kappa shape index (κ3) is 4.22. The number of rotatable bonds is 5. The van der Waals surface area contributed by atoms with E-state index in [0.29, 0.717) is 5.56 Å². The standard InChI is InChI=1S/C16H23NO7/c1-8(19)17-14-12(24-13(7-18)15(22)16(14)23)6-11(21)9-2-4-10(20)5-3-9/h2-5,11-16,18,20-23H,6-7H2,1H3,(H,17,19)/t11?,12-,13-,14+,15+,16-/m1/s1. The van der Waals surface area contributed by atoms with Gasteiger partial charge in [0.25, 0.3) is 0 Å². The average Bonchev–Trinajstić information content (AvgIpc) is 2.54. The molecule has 0 saturated carbocycles. The van der Waals surface area contributed by atoms with Crippen LogP contribution < -0.4 is 5.32 Å². The van der Waals surface area contributed by atoms with E-state index in [9.17, 15) is 30.3 Å². The maximum atomic E-state index is 11.4. The molecule has 1 heterocycles. The number of hydrogen-bond acceptors (Lipinski definition) is 7. The molecule has 8 heteroatoms. The van der Waals surface area contributed by atoms with Gasteiger partial charge >= 0.3 is 0 Å². The highest BCUT2D eigenvalue weighted by Gasteiger charge is 2.45. The molecule has 6 N–H and O–H groups in total. The summed E-state index contributed by atoms with van der Waals surface area (Å²) in [5.41, 5.74) is 0.527. The number of aliphatic hydroxyl groups is 4. The van der Waals surface area contributed by atoms with Gasteiger partial charge in [0.1, 0.15) is 24.1 Å². The zero-order valence-electron chi connectivity index (χ0n) is 13.2.